The Morgan fingerprint density at radius 3 is 2.56 bits per heavy atom. The molecule has 0 aromatic heterocycles. The summed E-state index contributed by atoms with van der Waals surface area (Å²) < 4.78 is 5.04. The third-order valence-electron chi connectivity index (χ3n) is 3.45. The molecule has 1 heterocycles. The quantitative estimate of drug-likeness (QED) is 0.714. The van der Waals surface area contributed by atoms with E-state index in [9.17, 15) is 4.79 Å². The first-order chi connectivity index (χ1) is 7.54. The first-order valence-electron chi connectivity index (χ1n) is 6.01. The molecule has 1 atom stereocenters. The van der Waals surface area contributed by atoms with Crippen molar-refractivity contribution in [3.8, 4) is 0 Å². The third-order valence-corrected chi connectivity index (χ3v) is 3.45. The third kappa shape index (κ3) is 3.76. The molecule has 0 bridgehead atoms. The van der Waals surface area contributed by atoms with Crippen molar-refractivity contribution < 1.29 is 9.53 Å². The Labute approximate surface area is 98.5 Å². The zero-order chi connectivity index (χ0) is 12.1. The van der Waals surface area contributed by atoms with Gasteiger partial charge in [-0.05, 0) is 45.8 Å². The number of carbonyl (C=O) groups is 1. The SMILES string of the molecule is COC(C)C(=O)N(C)CC1CCN(C)CC1. The van der Waals surface area contributed by atoms with E-state index in [2.05, 4.69) is 11.9 Å². The highest BCUT2D eigenvalue weighted by Gasteiger charge is 2.22. The molecular weight excluding hydrogens is 204 g/mol. The summed E-state index contributed by atoms with van der Waals surface area (Å²) in [5, 5.41) is 0. The van der Waals surface area contributed by atoms with E-state index < -0.39 is 0 Å². The van der Waals surface area contributed by atoms with Crippen LogP contribution in [0.15, 0.2) is 0 Å². The summed E-state index contributed by atoms with van der Waals surface area (Å²) in [5.74, 6) is 0.732. The summed E-state index contributed by atoms with van der Waals surface area (Å²) in [6.07, 6.45) is 2.06. The number of carbonyl (C=O) groups excluding carboxylic acids is 1. The first kappa shape index (κ1) is 13.5. The molecule has 0 radical (unpaired) electrons. The van der Waals surface area contributed by atoms with Gasteiger partial charge in [-0.3, -0.25) is 4.79 Å². The van der Waals surface area contributed by atoms with E-state index in [1.54, 1.807) is 14.0 Å². The maximum Gasteiger partial charge on any atom is 0.251 e. The molecule has 1 rings (SSSR count). The van der Waals surface area contributed by atoms with Gasteiger partial charge in [0.15, 0.2) is 0 Å². The first-order valence-corrected chi connectivity index (χ1v) is 6.01. The summed E-state index contributed by atoms with van der Waals surface area (Å²) in [4.78, 5) is 16.0. The molecule has 16 heavy (non-hydrogen) atoms. The van der Waals surface area contributed by atoms with Crippen molar-refractivity contribution in [2.24, 2.45) is 5.92 Å². The molecule has 0 aromatic carbocycles. The van der Waals surface area contributed by atoms with Crippen LogP contribution < -0.4 is 0 Å². The fraction of sp³-hybridized carbons (Fsp3) is 0.917. The van der Waals surface area contributed by atoms with Crippen molar-refractivity contribution in [1.82, 2.24) is 9.80 Å². The van der Waals surface area contributed by atoms with Gasteiger partial charge in [0.2, 0.25) is 0 Å². The number of methoxy groups -OCH3 is 1. The minimum atomic E-state index is -0.323. The van der Waals surface area contributed by atoms with Crippen LogP contribution in [0.4, 0.5) is 0 Å². The fourth-order valence-electron chi connectivity index (χ4n) is 2.13. The average molecular weight is 228 g/mol. The number of nitrogens with zero attached hydrogens (tertiary/aromatic N) is 2. The van der Waals surface area contributed by atoms with Crippen LogP contribution in [0, 0.1) is 5.92 Å². The lowest BCUT2D eigenvalue weighted by atomic mass is 9.96. The standard InChI is InChI=1S/C12H24N2O2/c1-10(16-4)12(15)14(3)9-11-5-7-13(2)8-6-11/h10-11H,5-9H2,1-4H3. The summed E-state index contributed by atoms with van der Waals surface area (Å²) in [6, 6.07) is 0. The summed E-state index contributed by atoms with van der Waals surface area (Å²) >= 11 is 0. The van der Waals surface area contributed by atoms with Gasteiger partial charge in [0.25, 0.3) is 5.91 Å². The molecule has 1 amide bonds. The van der Waals surface area contributed by atoms with E-state index in [4.69, 9.17) is 4.74 Å². The Kier molecular flexibility index (Phi) is 5.22. The fourth-order valence-corrected chi connectivity index (χ4v) is 2.13. The molecule has 0 spiro atoms. The number of hydrogen-bond donors (Lipinski definition) is 0. The van der Waals surface area contributed by atoms with E-state index in [1.807, 2.05) is 11.9 Å². The van der Waals surface area contributed by atoms with Crippen molar-refractivity contribution in [2.45, 2.75) is 25.9 Å². The number of amides is 1. The molecule has 4 heteroatoms. The molecule has 0 saturated carbocycles. The van der Waals surface area contributed by atoms with Gasteiger partial charge in [-0.1, -0.05) is 0 Å². The van der Waals surface area contributed by atoms with Gasteiger partial charge in [0, 0.05) is 20.7 Å². The molecule has 1 unspecified atom stereocenters. The van der Waals surface area contributed by atoms with Crippen molar-refractivity contribution in [1.29, 1.82) is 0 Å². The second-order valence-electron chi connectivity index (χ2n) is 4.84. The van der Waals surface area contributed by atoms with E-state index in [1.165, 1.54) is 12.8 Å². The van der Waals surface area contributed by atoms with Crippen molar-refractivity contribution >= 4 is 5.91 Å². The molecule has 0 N–H and O–H groups in total. The molecule has 1 aliphatic heterocycles. The number of rotatable bonds is 4. The van der Waals surface area contributed by atoms with Crippen molar-refractivity contribution in [2.75, 3.05) is 40.8 Å². The van der Waals surface area contributed by atoms with E-state index in [0.717, 1.165) is 19.6 Å². The van der Waals surface area contributed by atoms with Crippen LogP contribution in [-0.2, 0) is 9.53 Å². The Morgan fingerprint density at radius 1 is 1.50 bits per heavy atom. The molecule has 1 fully saturated rings. The molecule has 1 saturated heterocycles. The second-order valence-corrected chi connectivity index (χ2v) is 4.84. The topological polar surface area (TPSA) is 32.8 Å². The number of likely N-dealkylation sites (tertiary alicyclic amines) is 1. The minimum Gasteiger partial charge on any atom is -0.372 e. The lowest BCUT2D eigenvalue weighted by molar-refractivity contribution is -0.140. The Bertz CT molecular complexity index is 225. The minimum absolute atomic E-state index is 0.0847. The highest BCUT2D eigenvalue weighted by atomic mass is 16.5. The van der Waals surface area contributed by atoms with Crippen LogP contribution in [0.2, 0.25) is 0 Å². The average Bonchev–Trinajstić information content (AvgIpc) is 2.30. The van der Waals surface area contributed by atoms with E-state index in [-0.39, 0.29) is 12.0 Å². The molecule has 1 aliphatic rings. The van der Waals surface area contributed by atoms with Crippen molar-refractivity contribution in [3.63, 3.8) is 0 Å². The molecule has 4 nitrogen and oxygen atoms in total. The Hall–Kier alpha value is -0.610. The van der Waals surface area contributed by atoms with Crippen LogP contribution in [0.25, 0.3) is 0 Å². The van der Waals surface area contributed by atoms with Gasteiger partial charge in [0.05, 0.1) is 0 Å². The number of ether oxygens (including phenoxy) is 1. The number of hydrogen-bond acceptors (Lipinski definition) is 3. The highest BCUT2D eigenvalue weighted by molar-refractivity contribution is 5.80. The summed E-state index contributed by atoms with van der Waals surface area (Å²) in [6.45, 7) is 4.95. The van der Waals surface area contributed by atoms with Crippen LogP contribution in [0.1, 0.15) is 19.8 Å². The van der Waals surface area contributed by atoms with Crippen LogP contribution >= 0.6 is 0 Å². The highest BCUT2D eigenvalue weighted by Crippen LogP contribution is 2.17. The predicted molar refractivity (Wildman–Crippen MR) is 64.3 cm³/mol. The van der Waals surface area contributed by atoms with Gasteiger partial charge in [-0.2, -0.15) is 0 Å². The predicted octanol–water partition coefficient (Wildman–Crippen LogP) is 0.821. The smallest absolute Gasteiger partial charge is 0.251 e. The maximum absolute atomic E-state index is 11.8. The number of piperidine rings is 1. The normalized spacial score (nSPS) is 20.8. The van der Waals surface area contributed by atoms with Gasteiger partial charge in [-0.25, -0.2) is 0 Å². The Balaban J connectivity index is 2.33. The monoisotopic (exact) mass is 228 g/mol. The van der Waals surface area contributed by atoms with Gasteiger partial charge in [0.1, 0.15) is 6.10 Å². The summed E-state index contributed by atoms with van der Waals surface area (Å²) in [7, 11) is 5.60. The van der Waals surface area contributed by atoms with Gasteiger partial charge in [-0.15, -0.1) is 0 Å². The summed E-state index contributed by atoms with van der Waals surface area (Å²) in [5.41, 5.74) is 0. The number of likely N-dealkylation sites (N-methyl/N-ethyl adjacent to an activating group) is 1. The van der Waals surface area contributed by atoms with E-state index >= 15 is 0 Å². The zero-order valence-corrected chi connectivity index (χ0v) is 10.9. The molecular formula is C12H24N2O2. The largest absolute Gasteiger partial charge is 0.372 e. The van der Waals surface area contributed by atoms with Crippen LogP contribution in [0.5, 0.6) is 0 Å². The molecule has 0 aliphatic carbocycles. The van der Waals surface area contributed by atoms with Gasteiger partial charge >= 0.3 is 0 Å². The molecule has 94 valence electrons. The second kappa shape index (κ2) is 6.21. The maximum atomic E-state index is 11.8. The zero-order valence-electron chi connectivity index (χ0n) is 10.9. The molecule has 0 aromatic rings. The van der Waals surface area contributed by atoms with Crippen LogP contribution in [-0.4, -0.2) is 62.7 Å². The lowest BCUT2D eigenvalue weighted by Crippen LogP contribution is -2.41. The van der Waals surface area contributed by atoms with E-state index in [0.29, 0.717) is 5.92 Å². The van der Waals surface area contributed by atoms with Gasteiger partial charge < -0.3 is 14.5 Å². The van der Waals surface area contributed by atoms with Crippen molar-refractivity contribution in [3.05, 3.63) is 0 Å². The van der Waals surface area contributed by atoms with Crippen LogP contribution in [0.3, 0.4) is 0 Å². The Morgan fingerprint density at radius 2 is 2.06 bits per heavy atom. The lowest BCUT2D eigenvalue weighted by Gasteiger charge is -2.32.